The number of nitrogens with zero attached hydrogens (tertiary/aromatic N) is 2. The number of para-hydroxylation sites is 2. The van der Waals surface area contributed by atoms with Gasteiger partial charge in [0.1, 0.15) is 6.61 Å². The van der Waals surface area contributed by atoms with Crippen molar-refractivity contribution in [2.45, 2.75) is 6.10 Å². The van der Waals surface area contributed by atoms with Gasteiger partial charge in [0.25, 0.3) is 0 Å². The number of hydrogen-bond acceptors (Lipinski definition) is 5. The molecule has 0 radical (unpaired) electrons. The van der Waals surface area contributed by atoms with Gasteiger partial charge in [0.2, 0.25) is 5.13 Å². The van der Waals surface area contributed by atoms with Gasteiger partial charge in [-0.05, 0) is 12.1 Å². The van der Waals surface area contributed by atoms with Gasteiger partial charge in [-0.2, -0.15) is 4.99 Å². The van der Waals surface area contributed by atoms with E-state index in [4.69, 9.17) is 20.9 Å². The van der Waals surface area contributed by atoms with Gasteiger partial charge in [0.05, 0.1) is 5.69 Å². The van der Waals surface area contributed by atoms with Crippen molar-refractivity contribution in [3.05, 3.63) is 35.3 Å². The predicted octanol–water partition coefficient (Wildman–Crippen LogP) is -1.44. The molecule has 0 saturated carbocycles. The summed E-state index contributed by atoms with van der Waals surface area (Å²) in [4.78, 5) is 8.22. The number of guanidine groups is 1. The molecular weight excluding hydrogens is 300 g/mol. The van der Waals surface area contributed by atoms with Crippen molar-refractivity contribution in [3.63, 3.8) is 0 Å². The summed E-state index contributed by atoms with van der Waals surface area (Å²) in [6.07, 6.45) is -0.242. The van der Waals surface area contributed by atoms with Gasteiger partial charge in [-0.15, -0.1) is 11.3 Å². The van der Waals surface area contributed by atoms with Crippen molar-refractivity contribution in [1.82, 2.24) is 4.98 Å². The smallest absolute Gasteiger partial charge is 0.212 e. The Morgan fingerprint density at radius 3 is 2.80 bits per heavy atom. The third kappa shape index (κ3) is 2.94. The normalized spacial score (nSPS) is 16.1. The SMILES string of the molecule is NC(N)=Nc1nc(C2COc3ccccc3O2)cs1.[Cl-]. The van der Waals surface area contributed by atoms with Gasteiger partial charge in [-0.25, -0.2) is 4.98 Å². The number of hydrogen-bond donors (Lipinski definition) is 2. The van der Waals surface area contributed by atoms with Gasteiger partial charge in [0.15, 0.2) is 23.6 Å². The minimum atomic E-state index is -0.242. The summed E-state index contributed by atoms with van der Waals surface area (Å²) in [5.74, 6) is 1.46. The summed E-state index contributed by atoms with van der Waals surface area (Å²) in [6, 6.07) is 7.54. The Hall–Kier alpha value is -1.99. The lowest BCUT2D eigenvalue weighted by Gasteiger charge is -2.25. The molecular formula is C12H12ClN4O2S-. The minimum absolute atomic E-state index is 0. The van der Waals surface area contributed by atoms with Crippen molar-refractivity contribution < 1.29 is 21.9 Å². The van der Waals surface area contributed by atoms with E-state index in [2.05, 4.69) is 9.98 Å². The molecule has 1 aromatic carbocycles. The zero-order chi connectivity index (χ0) is 13.2. The minimum Gasteiger partial charge on any atom is -1.00 e. The molecule has 0 spiro atoms. The average molecular weight is 312 g/mol. The fraction of sp³-hybridized carbons (Fsp3) is 0.167. The number of fused-ring (bicyclic) bond motifs is 1. The molecule has 1 unspecified atom stereocenters. The maximum Gasteiger partial charge on any atom is 0.212 e. The van der Waals surface area contributed by atoms with Crippen molar-refractivity contribution >= 4 is 22.4 Å². The zero-order valence-electron chi connectivity index (χ0n) is 10.3. The molecule has 0 amide bonds. The van der Waals surface area contributed by atoms with Crippen LogP contribution in [0.4, 0.5) is 5.13 Å². The Kier molecular flexibility index (Phi) is 4.31. The topological polar surface area (TPSA) is 95.8 Å². The second kappa shape index (κ2) is 5.98. The molecule has 3 rings (SSSR count). The van der Waals surface area contributed by atoms with Crippen LogP contribution < -0.4 is 33.3 Å². The van der Waals surface area contributed by atoms with Crippen LogP contribution in [0, 0.1) is 0 Å². The molecule has 0 bridgehead atoms. The van der Waals surface area contributed by atoms with E-state index in [1.54, 1.807) is 0 Å². The van der Waals surface area contributed by atoms with Crippen LogP contribution in [0.25, 0.3) is 0 Å². The Balaban J connectivity index is 0.00000147. The van der Waals surface area contributed by atoms with E-state index in [0.29, 0.717) is 11.7 Å². The van der Waals surface area contributed by atoms with E-state index in [0.717, 1.165) is 17.2 Å². The van der Waals surface area contributed by atoms with Crippen LogP contribution in [-0.4, -0.2) is 17.6 Å². The molecule has 2 aromatic rings. The van der Waals surface area contributed by atoms with Gasteiger partial charge >= 0.3 is 0 Å². The van der Waals surface area contributed by atoms with Gasteiger partial charge in [0, 0.05) is 5.38 Å². The van der Waals surface area contributed by atoms with E-state index in [9.17, 15) is 0 Å². The second-order valence-electron chi connectivity index (χ2n) is 3.96. The number of halogens is 1. The Morgan fingerprint density at radius 2 is 2.05 bits per heavy atom. The number of rotatable bonds is 2. The number of nitrogens with two attached hydrogens (primary N) is 2. The summed E-state index contributed by atoms with van der Waals surface area (Å²) in [5, 5.41) is 2.38. The maximum absolute atomic E-state index is 5.84. The van der Waals surface area contributed by atoms with Crippen molar-refractivity contribution in [1.29, 1.82) is 0 Å². The predicted molar refractivity (Wildman–Crippen MR) is 72.9 cm³/mol. The number of benzene rings is 1. The fourth-order valence-corrected chi connectivity index (χ4v) is 2.50. The summed E-state index contributed by atoms with van der Waals surface area (Å²) in [5.41, 5.74) is 11.4. The summed E-state index contributed by atoms with van der Waals surface area (Å²) in [7, 11) is 0. The Morgan fingerprint density at radius 1 is 1.30 bits per heavy atom. The molecule has 1 atom stereocenters. The lowest BCUT2D eigenvalue weighted by Crippen LogP contribution is -3.00. The Bertz CT molecular complexity index is 627. The number of aliphatic imine (C=N–C) groups is 1. The van der Waals surface area contributed by atoms with Crippen molar-refractivity contribution in [2.75, 3.05) is 6.61 Å². The summed E-state index contributed by atoms with van der Waals surface area (Å²) >= 11 is 1.36. The van der Waals surface area contributed by atoms with E-state index in [1.165, 1.54) is 11.3 Å². The molecule has 0 fully saturated rings. The van der Waals surface area contributed by atoms with Crippen molar-refractivity contribution in [3.8, 4) is 11.5 Å². The highest BCUT2D eigenvalue weighted by molar-refractivity contribution is 7.13. The van der Waals surface area contributed by atoms with Crippen LogP contribution in [0.1, 0.15) is 11.8 Å². The zero-order valence-corrected chi connectivity index (χ0v) is 11.9. The van der Waals surface area contributed by atoms with E-state index < -0.39 is 0 Å². The third-order valence-electron chi connectivity index (χ3n) is 2.57. The largest absolute Gasteiger partial charge is 1.00 e. The first-order valence-corrected chi connectivity index (χ1v) is 6.54. The molecule has 106 valence electrons. The van der Waals surface area contributed by atoms with Crippen LogP contribution in [0.5, 0.6) is 11.5 Å². The molecule has 0 aliphatic carbocycles. The molecule has 20 heavy (non-hydrogen) atoms. The highest BCUT2D eigenvalue weighted by Gasteiger charge is 2.24. The molecule has 4 N–H and O–H groups in total. The van der Waals surface area contributed by atoms with E-state index >= 15 is 0 Å². The Labute approximate surface area is 125 Å². The average Bonchev–Trinajstić information content (AvgIpc) is 2.86. The van der Waals surface area contributed by atoms with Crippen LogP contribution >= 0.6 is 11.3 Å². The molecule has 1 aliphatic rings. The van der Waals surface area contributed by atoms with Crippen molar-refractivity contribution in [2.24, 2.45) is 16.5 Å². The highest BCUT2D eigenvalue weighted by Crippen LogP contribution is 2.36. The lowest BCUT2D eigenvalue weighted by molar-refractivity contribution is -0.00000480. The van der Waals surface area contributed by atoms with Gasteiger partial charge in [-0.1, -0.05) is 12.1 Å². The first-order valence-electron chi connectivity index (χ1n) is 5.66. The molecule has 1 aliphatic heterocycles. The van der Waals surface area contributed by atoms with Crippen LogP contribution in [0.2, 0.25) is 0 Å². The fourth-order valence-electron chi connectivity index (χ4n) is 1.75. The number of thiazole rings is 1. The quantitative estimate of drug-likeness (QED) is 0.523. The maximum atomic E-state index is 5.84. The van der Waals surface area contributed by atoms with E-state index in [-0.39, 0.29) is 24.5 Å². The number of aromatic nitrogens is 1. The van der Waals surface area contributed by atoms with Crippen LogP contribution in [0.15, 0.2) is 34.6 Å². The molecule has 6 nitrogen and oxygen atoms in total. The monoisotopic (exact) mass is 311 g/mol. The third-order valence-corrected chi connectivity index (χ3v) is 3.33. The van der Waals surface area contributed by atoms with Crippen LogP contribution in [-0.2, 0) is 0 Å². The molecule has 1 aromatic heterocycles. The highest BCUT2D eigenvalue weighted by atomic mass is 35.5. The molecule has 0 saturated heterocycles. The molecule has 2 heterocycles. The summed E-state index contributed by atoms with van der Waals surface area (Å²) < 4.78 is 11.5. The second-order valence-corrected chi connectivity index (χ2v) is 4.79. The lowest BCUT2D eigenvalue weighted by atomic mass is 10.2. The first kappa shape index (κ1) is 14.4. The summed E-state index contributed by atoms with van der Waals surface area (Å²) in [6.45, 7) is 0.419. The standard InChI is InChI=1S/C12H12N4O2S.ClH/c13-11(14)16-12-15-7(6-19-12)10-5-17-8-3-1-2-4-9(8)18-10;/h1-4,6,10H,5H2,(H4,13,14,15,16);1H/p-1. The van der Waals surface area contributed by atoms with Gasteiger partial charge in [-0.3, -0.25) is 0 Å². The molecule has 8 heteroatoms. The first-order chi connectivity index (χ1) is 9.22. The van der Waals surface area contributed by atoms with E-state index in [1.807, 2.05) is 29.6 Å². The van der Waals surface area contributed by atoms with Gasteiger partial charge < -0.3 is 33.3 Å². The van der Waals surface area contributed by atoms with Crippen LogP contribution in [0.3, 0.4) is 0 Å². The number of ether oxygens (including phenoxy) is 2.